The molecule has 21 heavy (non-hydrogen) atoms. The van der Waals surface area contributed by atoms with Crippen molar-refractivity contribution in [1.29, 1.82) is 0 Å². The molecule has 1 N–H and O–H groups in total. The smallest absolute Gasteiger partial charge is 0.337 e. The number of hydrogen-bond donors (Lipinski definition) is 1. The number of carbonyl (C=O) groups excluding carboxylic acids is 1. The summed E-state index contributed by atoms with van der Waals surface area (Å²) in [5.41, 5.74) is 1.34. The first-order chi connectivity index (χ1) is 9.93. The lowest BCUT2D eigenvalue weighted by molar-refractivity contribution is 0.0599. The number of carboxylic acids is 1. The van der Waals surface area contributed by atoms with Crippen LogP contribution >= 0.6 is 0 Å². The van der Waals surface area contributed by atoms with Crippen molar-refractivity contribution in [1.82, 2.24) is 0 Å². The number of ether oxygens (including phenoxy) is 1. The van der Waals surface area contributed by atoms with Gasteiger partial charge in [-0.3, -0.25) is 0 Å². The summed E-state index contributed by atoms with van der Waals surface area (Å²) in [4.78, 5) is 22.9. The van der Waals surface area contributed by atoms with Crippen molar-refractivity contribution >= 4 is 11.9 Å². The Morgan fingerprint density at radius 2 is 1.90 bits per heavy atom. The van der Waals surface area contributed by atoms with Crippen LogP contribution in [0.25, 0.3) is 11.1 Å². The van der Waals surface area contributed by atoms with E-state index in [1.54, 1.807) is 25.1 Å². The van der Waals surface area contributed by atoms with Gasteiger partial charge in [-0.2, -0.15) is 0 Å². The predicted octanol–water partition coefficient (Wildman–Crippen LogP) is 3.29. The lowest BCUT2D eigenvalue weighted by Crippen LogP contribution is -2.05. The lowest BCUT2D eigenvalue weighted by atomic mass is 9.95. The van der Waals surface area contributed by atoms with E-state index in [0.29, 0.717) is 16.7 Å². The van der Waals surface area contributed by atoms with Crippen molar-refractivity contribution in [3.05, 3.63) is 58.9 Å². The number of methoxy groups -OCH3 is 1. The maximum atomic E-state index is 13.7. The number of carbonyl (C=O) groups is 2. The summed E-state index contributed by atoms with van der Waals surface area (Å²) in [5, 5.41) is 9.32. The molecular weight excluding hydrogens is 275 g/mol. The molecule has 0 aliphatic heterocycles. The van der Waals surface area contributed by atoms with Gasteiger partial charge in [0.15, 0.2) is 0 Å². The summed E-state index contributed by atoms with van der Waals surface area (Å²) >= 11 is 0. The van der Waals surface area contributed by atoms with E-state index in [1.807, 2.05) is 0 Å². The van der Waals surface area contributed by atoms with E-state index in [9.17, 15) is 19.1 Å². The Balaban J connectivity index is 2.68. The Morgan fingerprint density at radius 1 is 1.19 bits per heavy atom. The first-order valence-corrected chi connectivity index (χ1v) is 6.16. The molecule has 0 spiro atoms. The third-order valence-corrected chi connectivity index (χ3v) is 3.12. The molecule has 0 radical (unpaired) electrons. The van der Waals surface area contributed by atoms with E-state index < -0.39 is 17.8 Å². The first kappa shape index (κ1) is 14.7. The number of halogens is 1. The second-order valence-electron chi connectivity index (χ2n) is 4.52. The zero-order chi connectivity index (χ0) is 15.6. The molecule has 0 atom stereocenters. The number of hydrogen-bond acceptors (Lipinski definition) is 3. The third kappa shape index (κ3) is 2.91. The highest BCUT2D eigenvalue weighted by Crippen LogP contribution is 2.28. The maximum absolute atomic E-state index is 13.7. The Bertz CT molecular complexity index is 722. The summed E-state index contributed by atoms with van der Waals surface area (Å²) in [6, 6.07) is 8.56. The van der Waals surface area contributed by atoms with Crippen LogP contribution < -0.4 is 0 Å². The van der Waals surface area contributed by atoms with E-state index in [-0.39, 0.29) is 11.1 Å². The summed E-state index contributed by atoms with van der Waals surface area (Å²) in [5.74, 6) is -2.42. The average Bonchev–Trinajstić information content (AvgIpc) is 2.45. The molecule has 0 aromatic heterocycles. The van der Waals surface area contributed by atoms with E-state index in [4.69, 9.17) is 0 Å². The van der Waals surface area contributed by atoms with Crippen LogP contribution in [0.5, 0.6) is 0 Å². The number of aryl methyl sites for hydroxylation is 1. The van der Waals surface area contributed by atoms with Gasteiger partial charge in [0.1, 0.15) is 5.82 Å². The quantitative estimate of drug-likeness (QED) is 0.880. The van der Waals surface area contributed by atoms with Gasteiger partial charge >= 0.3 is 11.9 Å². The number of benzene rings is 2. The van der Waals surface area contributed by atoms with Gasteiger partial charge in [0.2, 0.25) is 0 Å². The minimum Gasteiger partial charge on any atom is -0.478 e. The Morgan fingerprint density at radius 3 is 2.52 bits per heavy atom. The van der Waals surface area contributed by atoms with Crippen LogP contribution in [0.15, 0.2) is 36.4 Å². The summed E-state index contributed by atoms with van der Waals surface area (Å²) < 4.78 is 18.2. The molecule has 0 aliphatic carbocycles. The van der Waals surface area contributed by atoms with Crippen LogP contribution in [0.2, 0.25) is 0 Å². The van der Waals surface area contributed by atoms with Gasteiger partial charge in [-0.15, -0.1) is 0 Å². The molecule has 0 bridgehead atoms. The number of carboxylic acid groups (broad SMARTS) is 1. The normalized spacial score (nSPS) is 10.2. The lowest BCUT2D eigenvalue weighted by Gasteiger charge is -2.10. The Labute approximate surface area is 120 Å². The second-order valence-corrected chi connectivity index (χ2v) is 4.52. The van der Waals surface area contributed by atoms with Crippen LogP contribution in [0.4, 0.5) is 4.39 Å². The molecule has 0 unspecified atom stereocenters. The Kier molecular flexibility index (Phi) is 4.03. The minimum atomic E-state index is -1.10. The van der Waals surface area contributed by atoms with Crippen LogP contribution in [0.3, 0.4) is 0 Å². The molecule has 0 saturated heterocycles. The van der Waals surface area contributed by atoms with Crippen molar-refractivity contribution in [2.75, 3.05) is 7.11 Å². The highest BCUT2D eigenvalue weighted by atomic mass is 19.1. The van der Waals surface area contributed by atoms with E-state index >= 15 is 0 Å². The fourth-order valence-corrected chi connectivity index (χ4v) is 2.17. The van der Waals surface area contributed by atoms with Gasteiger partial charge in [-0.25, -0.2) is 14.0 Å². The molecule has 0 fully saturated rings. The zero-order valence-corrected chi connectivity index (χ0v) is 11.5. The average molecular weight is 288 g/mol. The highest BCUT2D eigenvalue weighted by Gasteiger charge is 2.17. The van der Waals surface area contributed by atoms with Crippen LogP contribution in [0.1, 0.15) is 26.3 Å². The van der Waals surface area contributed by atoms with Gasteiger partial charge in [0.25, 0.3) is 0 Å². The van der Waals surface area contributed by atoms with Gasteiger partial charge in [0, 0.05) is 0 Å². The molecule has 5 heteroatoms. The van der Waals surface area contributed by atoms with Crippen LogP contribution in [-0.4, -0.2) is 24.2 Å². The van der Waals surface area contributed by atoms with Gasteiger partial charge < -0.3 is 9.84 Å². The van der Waals surface area contributed by atoms with Crippen LogP contribution in [-0.2, 0) is 4.74 Å². The molecule has 0 amide bonds. The monoisotopic (exact) mass is 288 g/mol. The molecule has 0 aliphatic rings. The molecule has 0 heterocycles. The molecular formula is C16H13FO4. The predicted molar refractivity (Wildman–Crippen MR) is 74.9 cm³/mol. The molecule has 2 rings (SSSR count). The fraction of sp³-hybridized carbons (Fsp3) is 0.125. The molecule has 2 aromatic rings. The van der Waals surface area contributed by atoms with Crippen LogP contribution in [0, 0.1) is 12.7 Å². The first-order valence-electron chi connectivity index (χ1n) is 6.16. The number of aromatic carboxylic acids is 1. The van der Waals surface area contributed by atoms with Crippen molar-refractivity contribution < 1.29 is 23.8 Å². The number of esters is 1. The standard InChI is InChI=1S/C16H13FO4/c1-9-4-3-5-13(14(9)15(18)19)10-6-11(16(20)21-2)8-12(17)7-10/h3-8H,1-2H3,(H,18,19). The SMILES string of the molecule is COC(=O)c1cc(F)cc(-c2cccc(C)c2C(=O)O)c1. The molecule has 108 valence electrons. The largest absolute Gasteiger partial charge is 0.478 e. The van der Waals surface area contributed by atoms with Crippen molar-refractivity contribution in [3.8, 4) is 11.1 Å². The fourth-order valence-electron chi connectivity index (χ4n) is 2.17. The van der Waals surface area contributed by atoms with Gasteiger partial charge in [-0.05, 0) is 41.8 Å². The molecule has 0 saturated carbocycles. The third-order valence-electron chi connectivity index (χ3n) is 3.12. The second kappa shape index (κ2) is 5.75. The summed E-state index contributed by atoms with van der Waals surface area (Å²) in [6.45, 7) is 1.66. The van der Waals surface area contributed by atoms with E-state index in [0.717, 1.165) is 6.07 Å². The highest BCUT2D eigenvalue weighted by molar-refractivity contribution is 5.98. The summed E-state index contributed by atoms with van der Waals surface area (Å²) in [7, 11) is 1.20. The van der Waals surface area contributed by atoms with Crippen molar-refractivity contribution in [2.45, 2.75) is 6.92 Å². The van der Waals surface area contributed by atoms with E-state index in [1.165, 1.54) is 19.2 Å². The summed E-state index contributed by atoms with van der Waals surface area (Å²) in [6.07, 6.45) is 0. The van der Waals surface area contributed by atoms with E-state index in [2.05, 4.69) is 4.74 Å². The van der Waals surface area contributed by atoms with Gasteiger partial charge in [0.05, 0.1) is 18.2 Å². The van der Waals surface area contributed by atoms with Crippen molar-refractivity contribution in [2.24, 2.45) is 0 Å². The van der Waals surface area contributed by atoms with Gasteiger partial charge in [-0.1, -0.05) is 18.2 Å². The maximum Gasteiger partial charge on any atom is 0.337 e. The molecule has 2 aromatic carbocycles. The van der Waals surface area contributed by atoms with Crippen molar-refractivity contribution in [3.63, 3.8) is 0 Å². The Hall–Kier alpha value is -2.69. The number of rotatable bonds is 3. The zero-order valence-electron chi connectivity index (χ0n) is 11.5. The minimum absolute atomic E-state index is 0.0327. The topological polar surface area (TPSA) is 63.6 Å². The molecule has 4 nitrogen and oxygen atoms in total.